The van der Waals surface area contributed by atoms with Gasteiger partial charge < -0.3 is 4.74 Å². The van der Waals surface area contributed by atoms with Crippen LogP contribution < -0.4 is 4.74 Å². The van der Waals surface area contributed by atoms with Crippen LogP contribution in [0.3, 0.4) is 0 Å². The molecule has 6 nitrogen and oxygen atoms in total. The van der Waals surface area contributed by atoms with E-state index in [0.29, 0.717) is 17.3 Å². The van der Waals surface area contributed by atoms with Gasteiger partial charge in [-0.15, -0.1) is 0 Å². The Morgan fingerprint density at radius 3 is 2.78 bits per heavy atom. The lowest BCUT2D eigenvalue weighted by Gasteiger charge is -2.28. The third-order valence-electron chi connectivity index (χ3n) is 4.75. The number of ether oxygens (including phenoxy) is 1. The first kappa shape index (κ1) is 17.9. The Labute approximate surface area is 158 Å². The van der Waals surface area contributed by atoms with E-state index in [9.17, 15) is 8.42 Å². The second-order valence-corrected chi connectivity index (χ2v) is 8.78. The molecule has 4 rings (SSSR count). The molecule has 0 atom stereocenters. The summed E-state index contributed by atoms with van der Waals surface area (Å²) >= 11 is 0. The molecule has 0 spiro atoms. The third-order valence-corrected chi connectivity index (χ3v) is 5.87. The van der Waals surface area contributed by atoms with Crippen LogP contribution in [0.2, 0.25) is 0 Å². The number of fused-ring (bicyclic) bond motifs is 2. The monoisotopic (exact) mass is 383 g/mol. The zero-order valence-electron chi connectivity index (χ0n) is 15.1. The first-order valence-corrected chi connectivity index (χ1v) is 10.8. The van der Waals surface area contributed by atoms with Crippen molar-refractivity contribution in [1.29, 1.82) is 0 Å². The molecule has 140 valence electrons. The number of hydrogen-bond donors (Lipinski definition) is 0. The van der Waals surface area contributed by atoms with Gasteiger partial charge in [-0.1, -0.05) is 0 Å². The van der Waals surface area contributed by atoms with Gasteiger partial charge in [0.15, 0.2) is 15.5 Å². The van der Waals surface area contributed by atoms with Crippen LogP contribution in [0.25, 0.3) is 11.0 Å². The van der Waals surface area contributed by atoms with E-state index >= 15 is 0 Å². The van der Waals surface area contributed by atoms with Crippen molar-refractivity contribution in [3.8, 4) is 5.75 Å². The standard InChI is InChI=1S/C20H21N3O3S/c1-27(24,25)18-6-4-17(5-7-18)26-12-11-23-10-8-19-16(14-23)13-15-3-2-9-21-20(15)22-19/h2-7,9,13H,8,10-12,14H2,1H3. The van der Waals surface area contributed by atoms with Gasteiger partial charge in [0.05, 0.1) is 4.90 Å². The quantitative estimate of drug-likeness (QED) is 0.674. The molecule has 0 bridgehead atoms. The van der Waals surface area contributed by atoms with Gasteiger partial charge in [-0.05, 0) is 48.0 Å². The lowest BCUT2D eigenvalue weighted by Crippen LogP contribution is -2.34. The fraction of sp³-hybridized carbons (Fsp3) is 0.300. The molecule has 0 saturated heterocycles. The first-order chi connectivity index (χ1) is 13.0. The summed E-state index contributed by atoms with van der Waals surface area (Å²) in [6.45, 7) is 3.15. The smallest absolute Gasteiger partial charge is 0.175 e. The van der Waals surface area contributed by atoms with Crippen LogP contribution in [0, 0.1) is 0 Å². The summed E-state index contributed by atoms with van der Waals surface area (Å²) in [7, 11) is -3.18. The molecule has 2 aromatic heterocycles. The Balaban J connectivity index is 1.35. The Bertz CT molecular complexity index is 1070. The van der Waals surface area contributed by atoms with E-state index in [1.807, 2.05) is 12.1 Å². The molecule has 0 radical (unpaired) electrons. The molecule has 0 aliphatic carbocycles. The summed E-state index contributed by atoms with van der Waals surface area (Å²) in [5.74, 6) is 0.679. The summed E-state index contributed by atoms with van der Waals surface area (Å²) in [5.41, 5.74) is 3.19. The van der Waals surface area contributed by atoms with E-state index in [1.165, 1.54) is 11.8 Å². The van der Waals surface area contributed by atoms with Gasteiger partial charge in [0.1, 0.15) is 12.4 Å². The highest BCUT2D eigenvalue weighted by molar-refractivity contribution is 7.90. The Morgan fingerprint density at radius 1 is 1.19 bits per heavy atom. The molecule has 0 amide bonds. The second kappa shape index (κ2) is 7.25. The molecule has 7 heteroatoms. The molecule has 0 unspecified atom stereocenters. The normalized spacial score (nSPS) is 14.9. The van der Waals surface area contributed by atoms with Crippen molar-refractivity contribution in [2.45, 2.75) is 17.9 Å². The van der Waals surface area contributed by atoms with Gasteiger partial charge in [-0.25, -0.2) is 18.4 Å². The number of sulfone groups is 1. The highest BCUT2D eigenvalue weighted by Crippen LogP contribution is 2.21. The van der Waals surface area contributed by atoms with E-state index in [-0.39, 0.29) is 0 Å². The predicted octanol–water partition coefficient (Wildman–Crippen LogP) is 2.47. The molecule has 0 fully saturated rings. The molecule has 27 heavy (non-hydrogen) atoms. The largest absolute Gasteiger partial charge is 0.492 e. The van der Waals surface area contributed by atoms with Crippen LogP contribution in [0.1, 0.15) is 11.3 Å². The lowest BCUT2D eigenvalue weighted by molar-refractivity contribution is 0.195. The van der Waals surface area contributed by atoms with E-state index in [2.05, 4.69) is 20.9 Å². The molecule has 0 N–H and O–H groups in total. The maximum Gasteiger partial charge on any atom is 0.175 e. The van der Waals surface area contributed by atoms with Crippen LogP contribution in [0.15, 0.2) is 53.6 Å². The number of rotatable bonds is 5. The van der Waals surface area contributed by atoms with Gasteiger partial charge in [0.2, 0.25) is 0 Å². The molecule has 1 aromatic carbocycles. The second-order valence-electron chi connectivity index (χ2n) is 6.76. The van der Waals surface area contributed by atoms with Crippen molar-refractivity contribution in [2.75, 3.05) is 26.0 Å². The van der Waals surface area contributed by atoms with E-state index in [1.54, 1.807) is 30.5 Å². The van der Waals surface area contributed by atoms with E-state index in [0.717, 1.165) is 42.8 Å². The zero-order chi connectivity index (χ0) is 18.9. The van der Waals surface area contributed by atoms with Crippen LogP contribution in [-0.2, 0) is 22.8 Å². The van der Waals surface area contributed by atoms with Crippen molar-refractivity contribution in [1.82, 2.24) is 14.9 Å². The van der Waals surface area contributed by atoms with Crippen molar-refractivity contribution < 1.29 is 13.2 Å². The van der Waals surface area contributed by atoms with E-state index in [4.69, 9.17) is 4.74 Å². The lowest BCUT2D eigenvalue weighted by atomic mass is 10.0. The molecular formula is C20H21N3O3S. The Hall–Kier alpha value is -2.51. The predicted molar refractivity (Wildman–Crippen MR) is 104 cm³/mol. The minimum Gasteiger partial charge on any atom is -0.492 e. The fourth-order valence-electron chi connectivity index (χ4n) is 3.29. The topological polar surface area (TPSA) is 72.4 Å². The van der Waals surface area contributed by atoms with Crippen molar-refractivity contribution in [2.24, 2.45) is 0 Å². The average Bonchev–Trinajstić information content (AvgIpc) is 2.66. The molecule has 0 saturated carbocycles. The minimum atomic E-state index is -3.18. The maximum atomic E-state index is 11.5. The van der Waals surface area contributed by atoms with Gasteiger partial charge in [-0.2, -0.15) is 0 Å². The van der Waals surface area contributed by atoms with Gasteiger partial charge in [-0.3, -0.25) is 4.90 Å². The van der Waals surface area contributed by atoms with Crippen LogP contribution >= 0.6 is 0 Å². The Morgan fingerprint density at radius 2 is 2.00 bits per heavy atom. The third kappa shape index (κ3) is 4.09. The molecular weight excluding hydrogens is 362 g/mol. The van der Waals surface area contributed by atoms with Crippen LogP contribution in [0.5, 0.6) is 5.75 Å². The fourth-order valence-corrected chi connectivity index (χ4v) is 3.92. The molecule has 3 aromatic rings. The SMILES string of the molecule is CS(=O)(=O)c1ccc(OCCN2CCc3nc4ncccc4cc3C2)cc1. The van der Waals surface area contributed by atoms with Gasteiger partial charge >= 0.3 is 0 Å². The van der Waals surface area contributed by atoms with Crippen molar-refractivity contribution >= 4 is 20.9 Å². The minimum absolute atomic E-state index is 0.303. The molecule has 1 aliphatic heterocycles. The number of benzene rings is 1. The van der Waals surface area contributed by atoms with E-state index < -0.39 is 9.84 Å². The number of pyridine rings is 2. The summed E-state index contributed by atoms with van der Waals surface area (Å²) in [6, 6.07) is 12.7. The first-order valence-electron chi connectivity index (χ1n) is 8.88. The summed E-state index contributed by atoms with van der Waals surface area (Å²) < 4.78 is 28.8. The molecule has 3 heterocycles. The van der Waals surface area contributed by atoms with Gasteiger partial charge in [0.25, 0.3) is 0 Å². The van der Waals surface area contributed by atoms with Gasteiger partial charge in [0, 0.05) is 49.6 Å². The summed E-state index contributed by atoms with van der Waals surface area (Å²) in [6.07, 6.45) is 3.88. The average molecular weight is 383 g/mol. The number of aromatic nitrogens is 2. The summed E-state index contributed by atoms with van der Waals surface area (Å²) in [5, 5.41) is 1.07. The number of hydrogen-bond acceptors (Lipinski definition) is 6. The van der Waals surface area contributed by atoms with Crippen molar-refractivity contribution in [3.63, 3.8) is 0 Å². The number of nitrogens with zero attached hydrogens (tertiary/aromatic N) is 3. The molecule has 1 aliphatic rings. The van der Waals surface area contributed by atoms with Crippen molar-refractivity contribution in [3.05, 3.63) is 59.9 Å². The van der Waals surface area contributed by atoms with Crippen LogP contribution in [0.4, 0.5) is 0 Å². The highest BCUT2D eigenvalue weighted by atomic mass is 32.2. The Kier molecular flexibility index (Phi) is 4.80. The highest BCUT2D eigenvalue weighted by Gasteiger charge is 2.18. The zero-order valence-corrected chi connectivity index (χ0v) is 15.9. The maximum absolute atomic E-state index is 11.5. The van der Waals surface area contributed by atoms with Crippen LogP contribution in [-0.4, -0.2) is 49.2 Å². The summed E-state index contributed by atoms with van der Waals surface area (Å²) in [4.78, 5) is 11.7.